The molecule has 3 unspecified atom stereocenters. The van der Waals surface area contributed by atoms with E-state index in [-0.39, 0.29) is 19.1 Å². The first kappa shape index (κ1) is 12.9. The molecule has 16 heavy (non-hydrogen) atoms. The highest BCUT2D eigenvalue weighted by Crippen LogP contribution is 2.15. The summed E-state index contributed by atoms with van der Waals surface area (Å²) in [4.78, 5) is 22.6. The Morgan fingerprint density at radius 1 is 1.56 bits per heavy atom. The van der Waals surface area contributed by atoms with Crippen LogP contribution in [0.3, 0.4) is 0 Å². The lowest BCUT2D eigenvalue weighted by Crippen LogP contribution is -2.55. The lowest BCUT2D eigenvalue weighted by Gasteiger charge is -2.25. The molecule has 1 rings (SSSR count). The van der Waals surface area contributed by atoms with Crippen molar-refractivity contribution < 1.29 is 19.4 Å². The van der Waals surface area contributed by atoms with Crippen LogP contribution >= 0.6 is 0 Å². The number of nitrogens with two attached hydrogens (primary N) is 1. The predicted octanol–water partition coefficient (Wildman–Crippen LogP) is -0.670. The highest BCUT2D eigenvalue weighted by atomic mass is 16.5. The minimum atomic E-state index is -0.967. The van der Waals surface area contributed by atoms with E-state index in [1.807, 2.05) is 0 Å². The Morgan fingerprint density at radius 3 is 2.69 bits per heavy atom. The molecule has 0 spiro atoms. The van der Waals surface area contributed by atoms with Gasteiger partial charge in [-0.15, -0.1) is 0 Å². The summed E-state index contributed by atoms with van der Waals surface area (Å²) >= 11 is 0. The zero-order chi connectivity index (χ0) is 12.3. The summed E-state index contributed by atoms with van der Waals surface area (Å²) in [5.74, 6) is -1.98. The van der Waals surface area contributed by atoms with Gasteiger partial charge in [-0.25, -0.2) is 0 Å². The monoisotopic (exact) mass is 230 g/mol. The minimum absolute atomic E-state index is 0.133. The van der Waals surface area contributed by atoms with E-state index in [2.05, 4.69) is 5.32 Å². The molecule has 6 heteroatoms. The van der Waals surface area contributed by atoms with Crippen molar-refractivity contribution in [3.05, 3.63) is 0 Å². The second kappa shape index (κ2) is 4.80. The number of ether oxygens (including phenoxy) is 1. The largest absolute Gasteiger partial charge is 0.481 e. The van der Waals surface area contributed by atoms with Crippen LogP contribution in [0.2, 0.25) is 0 Å². The van der Waals surface area contributed by atoms with E-state index in [0.717, 1.165) is 0 Å². The predicted molar refractivity (Wildman–Crippen MR) is 56.8 cm³/mol. The highest BCUT2D eigenvalue weighted by Gasteiger charge is 2.37. The third-order valence-electron chi connectivity index (χ3n) is 2.97. The first-order valence-corrected chi connectivity index (χ1v) is 5.29. The van der Waals surface area contributed by atoms with Crippen LogP contribution < -0.4 is 11.1 Å². The Bertz CT molecular complexity index is 291. The number of nitrogens with one attached hydrogen (secondary N) is 1. The molecule has 1 aliphatic rings. The van der Waals surface area contributed by atoms with Crippen molar-refractivity contribution in [2.45, 2.75) is 31.8 Å². The highest BCUT2D eigenvalue weighted by molar-refractivity contribution is 5.86. The summed E-state index contributed by atoms with van der Waals surface area (Å²) in [6, 6.07) is -0.487. The second-order valence-electron chi connectivity index (χ2n) is 4.33. The van der Waals surface area contributed by atoms with E-state index >= 15 is 0 Å². The quantitative estimate of drug-likeness (QED) is 0.594. The average molecular weight is 230 g/mol. The van der Waals surface area contributed by atoms with Crippen LogP contribution in [-0.4, -0.2) is 41.8 Å². The van der Waals surface area contributed by atoms with Crippen molar-refractivity contribution >= 4 is 11.9 Å². The van der Waals surface area contributed by atoms with Crippen LogP contribution in [0.15, 0.2) is 0 Å². The van der Waals surface area contributed by atoms with Gasteiger partial charge in [0.05, 0.1) is 24.8 Å². The SMILES string of the molecule is CCC(C)(N)C(=O)NC1COCC1C(=O)O. The van der Waals surface area contributed by atoms with Crippen LogP contribution in [0.4, 0.5) is 0 Å². The van der Waals surface area contributed by atoms with Crippen molar-refractivity contribution in [3.8, 4) is 0 Å². The molecule has 0 bridgehead atoms. The van der Waals surface area contributed by atoms with Gasteiger partial charge in [0.1, 0.15) is 5.92 Å². The Hall–Kier alpha value is -1.14. The maximum atomic E-state index is 11.7. The normalized spacial score (nSPS) is 28.4. The topological polar surface area (TPSA) is 102 Å². The summed E-state index contributed by atoms with van der Waals surface area (Å²) in [5, 5.41) is 11.5. The summed E-state index contributed by atoms with van der Waals surface area (Å²) in [6.07, 6.45) is 0.490. The molecule has 6 nitrogen and oxygen atoms in total. The molecule has 3 atom stereocenters. The van der Waals surface area contributed by atoms with Gasteiger partial charge in [0.15, 0.2) is 0 Å². The Kier molecular flexibility index (Phi) is 3.88. The third kappa shape index (κ3) is 2.70. The molecule has 0 aromatic heterocycles. The van der Waals surface area contributed by atoms with Gasteiger partial charge in [0.2, 0.25) is 5.91 Å². The molecule has 1 aliphatic heterocycles. The average Bonchev–Trinajstić information content (AvgIpc) is 2.65. The Labute approximate surface area is 94.1 Å². The second-order valence-corrected chi connectivity index (χ2v) is 4.33. The molecular formula is C10H18N2O4. The molecule has 92 valence electrons. The molecule has 1 heterocycles. The van der Waals surface area contributed by atoms with Crippen LogP contribution in [0.1, 0.15) is 20.3 Å². The lowest BCUT2D eigenvalue weighted by molar-refractivity contribution is -0.142. The maximum Gasteiger partial charge on any atom is 0.311 e. The standard InChI is InChI=1S/C10H18N2O4/c1-3-10(2,11)9(15)12-7-5-16-4-6(7)8(13)14/h6-7H,3-5,11H2,1-2H3,(H,12,15)(H,13,14). The number of rotatable bonds is 4. The fraction of sp³-hybridized carbons (Fsp3) is 0.800. The molecular weight excluding hydrogens is 212 g/mol. The first-order valence-electron chi connectivity index (χ1n) is 5.29. The van der Waals surface area contributed by atoms with E-state index in [4.69, 9.17) is 15.6 Å². The van der Waals surface area contributed by atoms with E-state index in [0.29, 0.717) is 6.42 Å². The summed E-state index contributed by atoms with van der Waals surface area (Å²) in [6.45, 7) is 3.78. The Morgan fingerprint density at radius 2 is 2.19 bits per heavy atom. The fourth-order valence-corrected chi connectivity index (χ4v) is 1.43. The molecule has 0 radical (unpaired) electrons. The van der Waals surface area contributed by atoms with E-state index in [9.17, 15) is 9.59 Å². The number of hydrogen-bond donors (Lipinski definition) is 3. The fourth-order valence-electron chi connectivity index (χ4n) is 1.43. The molecule has 0 aromatic rings. The van der Waals surface area contributed by atoms with Crippen molar-refractivity contribution in [1.29, 1.82) is 0 Å². The smallest absolute Gasteiger partial charge is 0.311 e. The lowest BCUT2D eigenvalue weighted by atomic mass is 9.97. The summed E-state index contributed by atoms with van der Waals surface area (Å²) in [7, 11) is 0. The van der Waals surface area contributed by atoms with Crippen LogP contribution in [0, 0.1) is 5.92 Å². The number of aliphatic carboxylic acids is 1. The number of carbonyl (C=O) groups is 2. The maximum absolute atomic E-state index is 11.7. The van der Waals surface area contributed by atoms with Gasteiger partial charge in [-0.3, -0.25) is 9.59 Å². The van der Waals surface area contributed by atoms with Crippen molar-refractivity contribution in [3.63, 3.8) is 0 Å². The van der Waals surface area contributed by atoms with Gasteiger partial charge < -0.3 is 20.9 Å². The molecule has 1 fully saturated rings. The van der Waals surface area contributed by atoms with E-state index in [1.54, 1.807) is 13.8 Å². The molecule has 0 aromatic carbocycles. The summed E-state index contributed by atoms with van der Waals surface area (Å²) < 4.78 is 5.04. The molecule has 1 saturated heterocycles. The third-order valence-corrected chi connectivity index (χ3v) is 2.97. The number of carboxylic acids is 1. The van der Waals surface area contributed by atoms with Crippen molar-refractivity contribution in [1.82, 2.24) is 5.32 Å². The van der Waals surface area contributed by atoms with Gasteiger partial charge >= 0.3 is 5.97 Å². The van der Waals surface area contributed by atoms with E-state index < -0.39 is 23.5 Å². The van der Waals surface area contributed by atoms with Crippen LogP contribution in [0.25, 0.3) is 0 Å². The van der Waals surface area contributed by atoms with Crippen molar-refractivity contribution in [2.75, 3.05) is 13.2 Å². The first-order chi connectivity index (χ1) is 7.38. The van der Waals surface area contributed by atoms with Crippen LogP contribution in [-0.2, 0) is 14.3 Å². The van der Waals surface area contributed by atoms with Gasteiger partial charge in [-0.05, 0) is 13.3 Å². The number of amides is 1. The van der Waals surface area contributed by atoms with Gasteiger partial charge in [-0.2, -0.15) is 0 Å². The summed E-state index contributed by atoms with van der Waals surface area (Å²) in [5.41, 5.74) is 4.79. The zero-order valence-electron chi connectivity index (χ0n) is 9.53. The molecule has 0 saturated carbocycles. The number of carboxylic acid groups (broad SMARTS) is 1. The minimum Gasteiger partial charge on any atom is -0.481 e. The number of hydrogen-bond acceptors (Lipinski definition) is 4. The van der Waals surface area contributed by atoms with Gasteiger partial charge in [0.25, 0.3) is 0 Å². The molecule has 0 aliphatic carbocycles. The van der Waals surface area contributed by atoms with E-state index in [1.165, 1.54) is 0 Å². The molecule has 1 amide bonds. The molecule has 4 N–H and O–H groups in total. The number of carbonyl (C=O) groups excluding carboxylic acids is 1. The zero-order valence-corrected chi connectivity index (χ0v) is 9.53. The van der Waals surface area contributed by atoms with Crippen molar-refractivity contribution in [2.24, 2.45) is 11.7 Å². The Balaban J connectivity index is 2.60. The van der Waals surface area contributed by atoms with Crippen LogP contribution in [0.5, 0.6) is 0 Å². The van der Waals surface area contributed by atoms with Gasteiger partial charge in [-0.1, -0.05) is 6.92 Å². The van der Waals surface area contributed by atoms with Gasteiger partial charge in [0, 0.05) is 0 Å².